The van der Waals surface area contributed by atoms with Crippen molar-refractivity contribution in [2.24, 2.45) is 0 Å². The van der Waals surface area contributed by atoms with Crippen LogP contribution in [0.2, 0.25) is 0 Å². The molecular formula is C22H18. The molecule has 0 saturated heterocycles. The molecule has 3 aromatic carbocycles. The fraction of sp³-hybridized carbons (Fsp3) is 0.0909. The standard InChI is InChI=1S/C22H18/c1-3-9-17(10-4-1)15-19-16-22(18-11-5-2-6-12-18)21-14-8-7-13-20(19)21/h1-14,16,19H,15H2. The molecule has 4 rings (SSSR count). The highest BCUT2D eigenvalue weighted by Crippen LogP contribution is 2.40. The van der Waals surface area contributed by atoms with E-state index in [0.717, 1.165) is 6.42 Å². The Kier molecular flexibility index (Phi) is 3.36. The monoisotopic (exact) mass is 282 g/mol. The van der Waals surface area contributed by atoms with Crippen LogP contribution in [0.1, 0.15) is 28.2 Å². The minimum atomic E-state index is 0.466. The molecule has 0 aromatic heterocycles. The van der Waals surface area contributed by atoms with Gasteiger partial charge < -0.3 is 0 Å². The third kappa shape index (κ3) is 2.37. The van der Waals surface area contributed by atoms with Crippen molar-refractivity contribution in [1.29, 1.82) is 0 Å². The lowest BCUT2D eigenvalue weighted by molar-refractivity contribution is 0.850. The summed E-state index contributed by atoms with van der Waals surface area (Å²) in [5.41, 5.74) is 6.91. The molecule has 1 unspecified atom stereocenters. The molecule has 0 heteroatoms. The Balaban J connectivity index is 1.75. The summed E-state index contributed by atoms with van der Waals surface area (Å²) in [4.78, 5) is 0. The highest BCUT2D eigenvalue weighted by atomic mass is 14.3. The summed E-state index contributed by atoms with van der Waals surface area (Å²) in [6.07, 6.45) is 3.50. The van der Waals surface area contributed by atoms with E-state index in [1.54, 1.807) is 0 Å². The summed E-state index contributed by atoms with van der Waals surface area (Å²) in [6, 6.07) is 30.3. The van der Waals surface area contributed by atoms with E-state index in [4.69, 9.17) is 0 Å². The van der Waals surface area contributed by atoms with Gasteiger partial charge in [-0.05, 0) is 34.2 Å². The summed E-state index contributed by atoms with van der Waals surface area (Å²) in [6.45, 7) is 0. The number of benzene rings is 3. The lowest BCUT2D eigenvalue weighted by Gasteiger charge is -2.10. The predicted molar refractivity (Wildman–Crippen MR) is 92.9 cm³/mol. The van der Waals surface area contributed by atoms with Crippen LogP contribution in [-0.4, -0.2) is 0 Å². The highest BCUT2D eigenvalue weighted by molar-refractivity contribution is 5.85. The smallest absolute Gasteiger partial charge is 0.00739 e. The molecule has 1 atom stereocenters. The van der Waals surface area contributed by atoms with Crippen LogP contribution in [0.25, 0.3) is 5.57 Å². The highest BCUT2D eigenvalue weighted by Gasteiger charge is 2.23. The Labute approximate surface area is 131 Å². The fourth-order valence-electron chi connectivity index (χ4n) is 3.35. The Morgan fingerprint density at radius 1 is 0.636 bits per heavy atom. The molecule has 0 aliphatic heterocycles. The third-order valence-corrected chi connectivity index (χ3v) is 4.40. The first-order valence-corrected chi connectivity index (χ1v) is 7.82. The number of rotatable bonds is 3. The molecule has 0 nitrogen and oxygen atoms in total. The van der Waals surface area contributed by atoms with Crippen LogP contribution in [0.3, 0.4) is 0 Å². The second-order valence-corrected chi connectivity index (χ2v) is 5.83. The van der Waals surface area contributed by atoms with Crippen LogP contribution < -0.4 is 0 Å². The van der Waals surface area contributed by atoms with Gasteiger partial charge in [-0.3, -0.25) is 0 Å². The van der Waals surface area contributed by atoms with E-state index in [9.17, 15) is 0 Å². The van der Waals surface area contributed by atoms with Gasteiger partial charge in [0, 0.05) is 5.92 Å². The molecule has 0 fully saturated rings. The van der Waals surface area contributed by atoms with Gasteiger partial charge in [0.25, 0.3) is 0 Å². The van der Waals surface area contributed by atoms with E-state index in [-0.39, 0.29) is 0 Å². The molecule has 22 heavy (non-hydrogen) atoms. The molecular weight excluding hydrogens is 264 g/mol. The van der Waals surface area contributed by atoms with Crippen LogP contribution in [-0.2, 0) is 6.42 Å². The Bertz CT molecular complexity index is 798. The van der Waals surface area contributed by atoms with Crippen LogP contribution in [0.15, 0.2) is 91.0 Å². The van der Waals surface area contributed by atoms with Gasteiger partial charge in [-0.15, -0.1) is 0 Å². The van der Waals surface area contributed by atoms with Crippen molar-refractivity contribution in [2.75, 3.05) is 0 Å². The first-order chi connectivity index (χ1) is 10.9. The molecule has 0 spiro atoms. The molecule has 0 saturated carbocycles. The second kappa shape index (κ2) is 5.65. The molecule has 0 radical (unpaired) electrons. The quantitative estimate of drug-likeness (QED) is 0.598. The van der Waals surface area contributed by atoms with Crippen molar-refractivity contribution in [2.45, 2.75) is 12.3 Å². The molecule has 1 aliphatic rings. The average molecular weight is 282 g/mol. The van der Waals surface area contributed by atoms with Gasteiger partial charge in [-0.1, -0.05) is 91.0 Å². The Morgan fingerprint density at radius 2 is 1.27 bits per heavy atom. The van der Waals surface area contributed by atoms with Gasteiger partial charge in [-0.25, -0.2) is 0 Å². The van der Waals surface area contributed by atoms with E-state index >= 15 is 0 Å². The largest absolute Gasteiger partial charge is 0.0682 e. The van der Waals surface area contributed by atoms with Crippen LogP contribution >= 0.6 is 0 Å². The maximum atomic E-state index is 2.44. The number of hydrogen-bond acceptors (Lipinski definition) is 0. The lowest BCUT2D eigenvalue weighted by atomic mass is 9.93. The van der Waals surface area contributed by atoms with Crippen molar-refractivity contribution in [3.05, 3.63) is 113 Å². The zero-order valence-corrected chi connectivity index (χ0v) is 12.4. The molecule has 1 aliphatic carbocycles. The van der Waals surface area contributed by atoms with Gasteiger partial charge in [-0.2, -0.15) is 0 Å². The maximum absolute atomic E-state index is 2.44. The van der Waals surface area contributed by atoms with Crippen LogP contribution in [0.5, 0.6) is 0 Å². The lowest BCUT2D eigenvalue weighted by Crippen LogP contribution is -1.97. The van der Waals surface area contributed by atoms with Crippen LogP contribution in [0.4, 0.5) is 0 Å². The van der Waals surface area contributed by atoms with Gasteiger partial charge in [0.15, 0.2) is 0 Å². The SMILES string of the molecule is C1=C(c2ccccc2)c2ccccc2C1Cc1ccccc1. The summed E-state index contributed by atoms with van der Waals surface area (Å²) in [7, 11) is 0. The van der Waals surface area contributed by atoms with Gasteiger partial charge >= 0.3 is 0 Å². The van der Waals surface area contributed by atoms with Gasteiger partial charge in [0.1, 0.15) is 0 Å². The summed E-state index contributed by atoms with van der Waals surface area (Å²) >= 11 is 0. The Morgan fingerprint density at radius 3 is 2.05 bits per heavy atom. The Hall–Kier alpha value is -2.60. The minimum absolute atomic E-state index is 0.466. The van der Waals surface area contributed by atoms with Gasteiger partial charge in [0.2, 0.25) is 0 Å². The van der Waals surface area contributed by atoms with E-state index in [1.165, 1.54) is 27.8 Å². The van der Waals surface area contributed by atoms with Crippen molar-refractivity contribution in [3.63, 3.8) is 0 Å². The van der Waals surface area contributed by atoms with E-state index < -0.39 is 0 Å². The normalized spacial score (nSPS) is 16.2. The minimum Gasteiger partial charge on any atom is -0.0682 e. The zero-order chi connectivity index (χ0) is 14.8. The maximum Gasteiger partial charge on any atom is 0.00739 e. The summed E-state index contributed by atoms with van der Waals surface area (Å²) < 4.78 is 0. The molecule has 0 bridgehead atoms. The molecule has 0 N–H and O–H groups in total. The van der Waals surface area contributed by atoms with Gasteiger partial charge in [0.05, 0.1) is 0 Å². The molecule has 106 valence electrons. The van der Waals surface area contributed by atoms with Crippen molar-refractivity contribution >= 4 is 5.57 Å². The number of fused-ring (bicyclic) bond motifs is 1. The number of allylic oxidation sites excluding steroid dienone is 1. The first-order valence-electron chi connectivity index (χ1n) is 7.82. The van der Waals surface area contributed by atoms with E-state index in [2.05, 4.69) is 91.0 Å². The second-order valence-electron chi connectivity index (χ2n) is 5.83. The molecule has 3 aromatic rings. The zero-order valence-electron chi connectivity index (χ0n) is 12.4. The van der Waals surface area contributed by atoms with Crippen molar-refractivity contribution in [1.82, 2.24) is 0 Å². The fourth-order valence-corrected chi connectivity index (χ4v) is 3.35. The van der Waals surface area contributed by atoms with E-state index in [0.29, 0.717) is 5.92 Å². The predicted octanol–water partition coefficient (Wildman–Crippen LogP) is 5.46. The topological polar surface area (TPSA) is 0 Å². The summed E-state index contributed by atoms with van der Waals surface area (Å²) in [5, 5.41) is 0. The van der Waals surface area contributed by atoms with E-state index in [1.807, 2.05) is 0 Å². The van der Waals surface area contributed by atoms with Crippen LogP contribution in [0, 0.1) is 0 Å². The van der Waals surface area contributed by atoms with Crippen molar-refractivity contribution < 1.29 is 0 Å². The third-order valence-electron chi connectivity index (χ3n) is 4.40. The first kappa shape index (κ1) is 13.1. The van der Waals surface area contributed by atoms with Crippen molar-refractivity contribution in [3.8, 4) is 0 Å². The average Bonchev–Trinajstić information content (AvgIpc) is 2.96. The molecule has 0 amide bonds. The summed E-state index contributed by atoms with van der Waals surface area (Å²) in [5.74, 6) is 0.466. The number of hydrogen-bond donors (Lipinski definition) is 0. The molecule has 0 heterocycles.